The Hall–Kier alpha value is -1.30. The topological polar surface area (TPSA) is 78.9 Å². The fourth-order valence-corrected chi connectivity index (χ4v) is 3.39. The Balaban J connectivity index is 1.81. The SMILES string of the molecule is COC(CNC(=O)N1CCC2CCCCC21)CC(=O)O. The molecule has 114 valence electrons. The summed E-state index contributed by atoms with van der Waals surface area (Å²) in [6, 6.07) is 0.302. The highest BCUT2D eigenvalue weighted by atomic mass is 16.5. The molecule has 2 aliphatic rings. The molecular formula is C14H24N2O4. The van der Waals surface area contributed by atoms with Crippen molar-refractivity contribution in [1.29, 1.82) is 0 Å². The molecule has 3 unspecified atom stereocenters. The number of nitrogens with one attached hydrogen (secondary N) is 1. The molecule has 3 atom stereocenters. The summed E-state index contributed by atoms with van der Waals surface area (Å²) < 4.78 is 5.07. The van der Waals surface area contributed by atoms with Crippen molar-refractivity contribution in [3.63, 3.8) is 0 Å². The van der Waals surface area contributed by atoms with Crippen LogP contribution < -0.4 is 5.32 Å². The zero-order chi connectivity index (χ0) is 14.5. The molecule has 1 saturated carbocycles. The number of ether oxygens (including phenoxy) is 1. The van der Waals surface area contributed by atoms with E-state index in [1.807, 2.05) is 4.90 Å². The number of nitrogens with zero attached hydrogens (tertiary/aromatic N) is 1. The molecule has 1 saturated heterocycles. The number of methoxy groups -OCH3 is 1. The van der Waals surface area contributed by atoms with Crippen LogP contribution >= 0.6 is 0 Å². The highest BCUT2D eigenvalue weighted by Crippen LogP contribution is 2.35. The molecule has 0 bridgehead atoms. The highest BCUT2D eigenvalue weighted by molar-refractivity contribution is 5.75. The Bertz CT molecular complexity index is 361. The van der Waals surface area contributed by atoms with Gasteiger partial charge in [-0.3, -0.25) is 4.79 Å². The second-order valence-corrected chi connectivity index (χ2v) is 5.74. The second-order valence-electron chi connectivity index (χ2n) is 5.74. The van der Waals surface area contributed by atoms with Crippen LogP contribution in [-0.2, 0) is 9.53 Å². The first kappa shape index (κ1) is 15.1. The van der Waals surface area contributed by atoms with Crippen LogP contribution in [0.3, 0.4) is 0 Å². The summed E-state index contributed by atoms with van der Waals surface area (Å²) in [5, 5.41) is 11.6. The maximum atomic E-state index is 12.2. The lowest BCUT2D eigenvalue weighted by Crippen LogP contribution is -2.47. The predicted octanol–water partition coefficient (Wildman–Crippen LogP) is 1.45. The number of rotatable bonds is 5. The summed E-state index contributed by atoms with van der Waals surface area (Å²) in [5.41, 5.74) is 0. The lowest BCUT2D eigenvalue weighted by molar-refractivity contribution is -0.139. The van der Waals surface area contributed by atoms with E-state index in [-0.39, 0.29) is 19.0 Å². The van der Waals surface area contributed by atoms with Crippen LogP contribution in [0.15, 0.2) is 0 Å². The van der Waals surface area contributed by atoms with Gasteiger partial charge in [0.25, 0.3) is 0 Å². The Morgan fingerprint density at radius 2 is 2.10 bits per heavy atom. The number of likely N-dealkylation sites (tertiary alicyclic amines) is 1. The summed E-state index contributed by atoms with van der Waals surface area (Å²) in [4.78, 5) is 24.8. The number of carbonyl (C=O) groups excluding carboxylic acids is 1. The van der Waals surface area contributed by atoms with Gasteiger partial charge in [0.15, 0.2) is 0 Å². The maximum Gasteiger partial charge on any atom is 0.317 e. The molecule has 1 heterocycles. The van der Waals surface area contributed by atoms with Gasteiger partial charge in [-0.05, 0) is 25.2 Å². The number of hydrogen-bond acceptors (Lipinski definition) is 3. The zero-order valence-corrected chi connectivity index (χ0v) is 12.0. The Labute approximate surface area is 119 Å². The van der Waals surface area contributed by atoms with Crippen LogP contribution in [0.4, 0.5) is 4.79 Å². The van der Waals surface area contributed by atoms with Gasteiger partial charge in [-0.1, -0.05) is 12.8 Å². The van der Waals surface area contributed by atoms with Gasteiger partial charge < -0.3 is 20.1 Å². The first-order valence-electron chi connectivity index (χ1n) is 7.41. The molecule has 1 aliphatic heterocycles. The molecule has 0 aromatic heterocycles. The van der Waals surface area contributed by atoms with Crippen LogP contribution in [-0.4, -0.2) is 54.4 Å². The lowest BCUT2D eigenvalue weighted by atomic mass is 9.85. The molecule has 6 nitrogen and oxygen atoms in total. The molecule has 0 radical (unpaired) electrons. The van der Waals surface area contributed by atoms with Crippen molar-refractivity contribution in [3.8, 4) is 0 Å². The quantitative estimate of drug-likeness (QED) is 0.801. The number of carboxylic acid groups (broad SMARTS) is 1. The van der Waals surface area contributed by atoms with Crippen LogP contribution in [0.1, 0.15) is 38.5 Å². The fraction of sp³-hybridized carbons (Fsp3) is 0.857. The third-order valence-electron chi connectivity index (χ3n) is 4.49. The zero-order valence-electron chi connectivity index (χ0n) is 12.0. The summed E-state index contributed by atoms with van der Waals surface area (Å²) in [6.45, 7) is 1.06. The molecule has 2 fully saturated rings. The van der Waals surface area contributed by atoms with E-state index in [0.29, 0.717) is 12.0 Å². The minimum absolute atomic E-state index is 0.0770. The molecular weight excluding hydrogens is 260 g/mol. The minimum atomic E-state index is -0.917. The van der Waals surface area contributed by atoms with Crippen molar-refractivity contribution in [2.24, 2.45) is 5.92 Å². The Kier molecular flexibility index (Phi) is 5.23. The number of hydrogen-bond donors (Lipinski definition) is 2. The standard InChI is InChI=1S/C14H24N2O4/c1-20-11(8-13(17)18)9-15-14(19)16-7-6-10-4-2-3-5-12(10)16/h10-12H,2-9H2,1H3,(H,15,19)(H,17,18). The predicted molar refractivity (Wildman–Crippen MR) is 73.5 cm³/mol. The van der Waals surface area contributed by atoms with E-state index in [1.165, 1.54) is 26.4 Å². The summed E-state index contributed by atoms with van der Waals surface area (Å²) in [5.74, 6) is -0.258. The number of urea groups is 1. The summed E-state index contributed by atoms with van der Waals surface area (Å²) in [7, 11) is 1.47. The van der Waals surface area contributed by atoms with Crippen LogP contribution in [0.25, 0.3) is 0 Å². The number of carboxylic acids is 1. The van der Waals surface area contributed by atoms with Gasteiger partial charge in [0.05, 0.1) is 12.5 Å². The molecule has 0 aromatic carbocycles. The van der Waals surface area contributed by atoms with Gasteiger partial charge in [0.2, 0.25) is 0 Å². The van der Waals surface area contributed by atoms with Gasteiger partial charge in [-0.2, -0.15) is 0 Å². The van der Waals surface area contributed by atoms with Gasteiger partial charge in [0.1, 0.15) is 0 Å². The van der Waals surface area contributed by atoms with E-state index in [1.54, 1.807) is 0 Å². The molecule has 1 aliphatic carbocycles. The molecule has 6 heteroatoms. The monoisotopic (exact) mass is 284 g/mol. The lowest BCUT2D eigenvalue weighted by Gasteiger charge is -2.32. The fourth-order valence-electron chi connectivity index (χ4n) is 3.39. The first-order chi connectivity index (χ1) is 9.61. The van der Waals surface area contributed by atoms with Crippen molar-refractivity contribution in [2.75, 3.05) is 20.2 Å². The van der Waals surface area contributed by atoms with Crippen molar-refractivity contribution in [3.05, 3.63) is 0 Å². The molecule has 2 amide bonds. The van der Waals surface area contributed by atoms with E-state index in [2.05, 4.69) is 5.32 Å². The number of carbonyl (C=O) groups is 2. The highest BCUT2D eigenvalue weighted by Gasteiger charge is 2.38. The van der Waals surface area contributed by atoms with E-state index in [4.69, 9.17) is 9.84 Å². The van der Waals surface area contributed by atoms with E-state index in [0.717, 1.165) is 19.4 Å². The van der Waals surface area contributed by atoms with Crippen LogP contribution in [0.5, 0.6) is 0 Å². The number of fused-ring (bicyclic) bond motifs is 1. The van der Waals surface area contributed by atoms with Gasteiger partial charge in [0, 0.05) is 26.2 Å². The summed E-state index contributed by atoms with van der Waals surface area (Å²) >= 11 is 0. The molecule has 2 rings (SSSR count). The third-order valence-corrected chi connectivity index (χ3v) is 4.49. The van der Waals surface area contributed by atoms with Crippen LogP contribution in [0, 0.1) is 5.92 Å². The third kappa shape index (κ3) is 3.62. The van der Waals surface area contributed by atoms with Crippen molar-refractivity contribution in [1.82, 2.24) is 10.2 Å². The smallest absolute Gasteiger partial charge is 0.317 e. The number of aliphatic carboxylic acids is 1. The molecule has 20 heavy (non-hydrogen) atoms. The average Bonchev–Trinajstić information content (AvgIpc) is 2.86. The van der Waals surface area contributed by atoms with E-state index < -0.39 is 12.1 Å². The largest absolute Gasteiger partial charge is 0.481 e. The summed E-state index contributed by atoms with van der Waals surface area (Å²) in [6.07, 6.45) is 5.34. The average molecular weight is 284 g/mol. The first-order valence-corrected chi connectivity index (χ1v) is 7.41. The van der Waals surface area contributed by atoms with Crippen molar-refractivity contribution in [2.45, 2.75) is 50.7 Å². The number of amides is 2. The van der Waals surface area contributed by atoms with Gasteiger partial charge in [-0.25, -0.2) is 4.79 Å². The van der Waals surface area contributed by atoms with Gasteiger partial charge >= 0.3 is 12.0 Å². The van der Waals surface area contributed by atoms with Crippen molar-refractivity contribution >= 4 is 12.0 Å². The maximum absolute atomic E-state index is 12.2. The second kappa shape index (κ2) is 6.92. The van der Waals surface area contributed by atoms with Crippen LogP contribution in [0.2, 0.25) is 0 Å². The minimum Gasteiger partial charge on any atom is -0.481 e. The normalized spacial score (nSPS) is 26.9. The van der Waals surface area contributed by atoms with E-state index in [9.17, 15) is 9.59 Å². The Morgan fingerprint density at radius 3 is 2.80 bits per heavy atom. The Morgan fingerprint density at radius 1 is 1.35 bits per heavy atom. The van der Waals surface area contributed by atoms with E-state index >= 15 is 0 Å². The van der Waals surface area contributed by atoms with Gasteiger partial charge in [-0.15, -0.1) is 0 Å². The molecule has 2 N–H and O–H groups in total. The van der Waals surface area contributed by atoms with Crippen molar-refractivity contribution < 1.29 is 19.4 Å². The molecule has 0 aromatic rings. The molecule has 0 spiro atoms.